The summed E-state index contributed by atoms with van der Waals surface area (Å²) in [7, 11) is -4.68. The Kier molecular flexibility index (Phi) is 16.2. The molecule has 0 aliphatic heterocycles. The fourth-order valence-corrected chi connectivity index (χ4v) is 0. The summed E-state index contributed by atoms with van der Waals surface area (Å²) in [6.07, 6.45) is 0. The second kappa shape index (κ2) is 8.00. The molecule has 0 aromatic carbocycles. The Labute approximate surface area is 139 Å². The van der Waals surface area contributed by atoms with Crippen LogP contribution in [0.4, 0.5) is 0 Å². The molecule has 0 saturated carbocycles. The van der Waals surface area contributed by atoms with Crippen molar-refractivity contribution in [3.05, 3.63) is 0 Å². The van der Waals surface area contributed by atoms with E-state index >= 15 is 0 Å². The maximum Gasteiger partial charge on any atom is 1.00 e. The van der Waals surface area contributed by atoms with Gasteiger partial charge >= 0.3 is 103 Å². The predicted octanol–water partition coefficient (Wildman–Crippen LogP) is -7.75. The molecule has 1 N–H and O–H groups in total. The topological polar surface area (TPSA) is 83.4 Å². The van der Waals surface area contributed by atoms with Crippen molar-refractivity contribution in [1.82, 2.24) is 0 Å². The van der Waals surface area contributed by atoms with Crippen LogP contribution in [0, 0.1) is 0 Å². The van der Waals surface area contributed by atoms with Crippen LogP contribution in [0.2, 0.25) is 0 Å². The number of hydrogen-bond acceptors (Lipinski definition) is 4. The van der Waals surface area contributed by atoms with Crippen LogP contribution >= 0.6 is 7.60 Å². The average molecular weight is 202 g/mol. The zero-order chi connectivity index (χ0) is 6.08. The van der Waals surface area contributed by atoms with E-state index in [0.717, 1.165) is 6.92 Å². The number of aliphatic hydroxyl groups excluding tert-OH is 1. The Morgan fingerprint density at radius 2 is 1.56 bits per heavy atom. The Bertz CT molecular complexity index is 98.7. The van der Waals surface area contributed by atoms with Crippen molar-refractivity contribution in [3.8, 4) is 0 Å². The van der Waals surface area contributed by atoms with E-state index < -0.39 is 13.4 Å². The van der Waals surface area contributed by atoms with Gasteiger partial charge in [-0.05, 0) is 14.5 Å². The van der Waals surface area contributed by atoms with Crippen LogP contribution in [0.5, 0.6) is 0 Å². The first-order valence-electron chi connectivity index (χ1n) is 1.64. The molecular formula is C2H5K2O4P. The second-order valence-electron chi connectivity index (χ2n) is 1.17. The summed E-state index contributed by atoms with van der Waals surface area (Å²) >= 11 is 0. The van der Waals surface area contributed by atoms with Crippen molar-refractivity contribution in [2.45, 2.75) is 12.8 Å². The fraction of sp³-hybridized carbons (Fsp3) is 1.00. The van der Waals surface area contributed by atoms with Gasteiger partial charge in [-0.25, -0.2) is 0 Å². The van der Waals surface area contributed by atoms with E-state index in [-0.39, 0.29) is 103 Å². The third-order valence-electron chi connectivity index (χ3n) is 0.458. The molecule has 0 radical (unpaired) electrons. The SMILES string of the molecule is CC(O)P(=O)([O-])[O-].[K+].[K+]. The summed E-state index contributed by atoms with van der Waals surface area (Å²) in [6, 6.07) is 0. The Balaban J connectivity index is -0.000000180. The number of aliphatic hydroxyl groups is 1. The van der Waals surface area contributed by atoms with E-state index in [1.54, 1.807) is 0 Å². The fourth-order valence-electron chi connectivity index (χ4n) is 0. The van der Waals surface area contributed by atoms with E-state index in [1.165, 1.54) is 0 Å². The summed E-state index contributed by atoms with van der Waals surface area (Å²) in [5.41, 5.74) is 0. The maximum absolute atomic E-state index is 9.55. The smallest absolute Gasteiger partial charge is 0.809 e. The molecule has 0 rings (SSSR count). The molecule has 0 heterocycles. The zero-order valence-electron chi connectivity index (χ0n) is 5.70. The molecule has 1 atom stereocenters. The third-order valence-corrected chi connectivity index (χ3v) is 1.37. The third kappa shape index (κ3) is 11.4. The molecule has 1 unspecified atom stereocenters. The first kappa shape index (κ1) is 18.2. The molecular weight excluding hydrogens is 197 g/mol. The summed E-state index contributed by atoms with van der Waals surface area (Å²) < 4.78 is 9.55. The maximum atomic E-state index is 9.55. The van der Waals surface area contributed by atoms with Gasteiger partial charge in [-0.2, -0.15) is 0 Å². The average Bonchev–Trinajstić information content (AvgIpc) is 1.31. The van der Waals surface area contributed by atoms with Gasteiger partial charge in [-0.15, -0.1) is 0 Å². The van der Waals surface area contributed by atoms with E-state index in [4.69, 9.17) is 5.11 Å². The van der Waals surface area contributed by atoms with E-state index in [9.17, 15) is 14.4 Å². The summed E-state index contributed by atoms with van der Waals surface area (Å²) in [6.45, 7) is 0.917. The second-order valence-corrected chi connectivity index (χ2v) is 3.00. The normalized spacial score (nSPS) is 12.9. The number of rotatable bonds is 1. The van der Waals surface area contributed by atoms with Gasteiger partial charge in [0, 0.05) is 0 Å². The van der Waals surface area contributed by atoms with Crippen molar-refractivity contribution in [2.24, 2.45) is 0 Å². The molecule has 0 aromatic heterocycles. The van der Waals surface area contributed by atoms with Crippen LogP contribution in [0.1, 0.15) is 6.92 Å². The van der Waals surface area contributed by atoms with Crippen LogP contribution in [0.15, 0.2) is 0 Å². The van der Waals surface area contributed by atoms with Gasteiger partial charge < -0.3 is 19.5 Å². The van der Waals surface area contributed by atoms with Crippen LogP contribution in [0.25, 0.3) is 0 Å². The minimum Gasteiger partial charge on any atom is -0.809 e. The first-order chi connectivity index (χ1) is 2.94. The zero-order valence-corrected chi connectivity index (χ0v) is 12.8. The monoisotopic (exact) mass is 202 g/mol. The van der Waals surface area contributed by atoms with Gasteiger partial charge in [0.15, 0.2) is 0 Å². The minimum atomic E-state index is -4.68. The van der Waals surface area contributed by atoms with Crippen molar-refractivity contribution in [1.29, 1.82) is 0 Å². The van der Waals surface area contributed by atoms with Crippen LogP contribution < -0.4 is 113 Å². The largest absolute Gasteiger partial charge is 1.00 e. The van der Waals surface area contributed by atoms with Crippen LogP contribution in [-0.2, 0) is 4.57 Å². The van der Waals surface area contributed by atoms with Gasteiger partial charge in [-0.3, -0.25) is 0 Å². The molecule has 0 aromatic rings. The molecule has 0 amide bonds. The van der Waals surface area contributed by atoms with Crippen molar-refractivity contribution in [2.75, 3.05) is 0 Å². The molecule has 44 valence electrons. The molecule has 0 fully saturated rings. The summed E-state index contributed by atoms with van der Waals surface area (Å²) in [5, 5.41) is 8.00. The Hall–Kier alpha value is 3.38. The van der Waals surface area contributed by atoms with Crippen LogP contribution in [-0.4, -0.2) is 11.0 Å². The van der Waals surface area contributed by atoms with Gasteiger partial charge in [-0.1, -0.05) is 0 Å². The molecule has 0 aliphatic carbocycles. The van der Waals surface area contributed by atoms with Crippen molar-refractivity contribution < 1.29 is 122 Å². The molecule has 9 heavy (non-hydrogen) atoms. The number of hydrogen-bond donors (Lipinski definition) is 1. The molecule has 0 saturated heterocycles. The quantitative estimate of drug-likeness (QED) is 0.338. The van der Waals surface area contributed by atoms with Gasteiger partial charge in [0.25, 0.3) is 0 Å². The molecule has 0 aliphatic rings. The molecule has 4 nitrogen and oxygen atoms in total. The molecule has 0 spiro atoms. The molecule has 7 heteroatoms. The Morgan fingerprint density at radius 3 is 1.56 bits per heavy atom. The van der Waals surface area contributed by atoms with E-state index in [1.807, 2.05) is 0 Å². The van der Waals surface area contributed by atoms with Crippen LogP contribution in [0.3, 0.4) is 0 Å². The van der Waals surface area contributed by atoms with Crippen molar-refractivity contribution >= 4 is 7.60 Å². The van der Waals surface area contributed by atoms with Gasteiger partial charge in [0.05, 0.1) is 5.85 Å². The van der Waals surface area contributed by atoms with Gasteiger partial charge in [0.2, 0.25) is 0 Å². The van der Waals surface area contributed by atoms with E-state index in [0.29, 0.717) is 0 Å². The summed E-state index contributed by atoms with van der Waals surface area (Å²) in [4.78, 5) is 19.1. The van der Waals surface area contributed by atoms with Gasteiger partial charge in [0.1, 0.15) is 0 Å². The standard InChI is InChI=1S/C2H7O4P.2K/c1-2(3)7(4,5)6;;/h2-3H,1H3,(H2,4,5,6);;/q;2*+1/p-2. The predicted molar refractivity (Wildman–Crippen MR) is 19.3 cm³/mol. The molecule has 0 bridgehead atoms. The van der Waals surface area contributed by atoms with Crippen molar-refractivity contribution in [3.63, 3.8) is 0 Å². The van der Waals surface area contributed by atoms with E-state index in [2.05, 4.69) is 0 Å². The minimum absolute atomic E-state index is 0. The first-order valence-corrected chi connectivity index (χ1v) is 3.25. The Morgan fingerprint density at radius 1 is 1.44 bits per heavy atom. The summed E-state index contributed by atoms with van der Waals surface area (Å²) in [5.74, 6) is -1.76.